The quantitative estimate of drug-likeness (QED) is 0.193. The summed E-state index contributed by atoms with van der Waals surface area (Å²) in [6, 6.07) is -0.761. The molecule has 0 saturated heterocycles. The molecule has 0 bridgehead atoms. The first-order valence-corrected chi connectivity index (χ1v) is 14.5. The van der Waals surface area contributed by atoms with Crippen molar-refractivity contribution in [3.8, 4) is 0 Å². The zero-order valence-electron chi connectivity index (χ0n) is 25.5. The minimum absolute atomic E-state index is 0.00774. The lowest BCUT2D eigenvalue weighted by molar-refractivity contribution is -0.134. The summed E-state index contributed by atoms with van der Waals surface area (Å²) >= 11 is 0. The molecule has 0 radical (unpaired) electrons. The third-order valence-electron chi connectivity index (χ3n) is 6.52. The van der Waals surface area contributed by atoms with Crippen molar-refractivity contribution >= 4 is 23.5 Å². The fraction of sp³-hybridized carbons (Fsp3) is 0.862. The third kappa shape index (κ3) is 15.4. The number of hydrogen-bond acceptors (Lipinski definition) is 6. The molecule has 0 heterocycles. The minimum Gasteiger partial charge on any atom is -0.378 e. The van der Waals surface area contributed by atoms with Crippen LogP contribution in [0.3, 0.4) is 0 Å². The van der Waals surface area contributed by atoms with E-state index in [1.165, 1.54) is 0 Å². The van der Waals surface area contributed by atoms with Gasteiger partial charge < -0.3 is 20.7 Å². The van der Waals surface area contributed by atoms with E-state index >= 15 is 0 Å². The maximum Gasteiger partial charge on any atom is 0.238 e. The Morgan fingerprint density at radius 1 is 0.711 bits per heavy atom. The maximum absolute atomic E-state index is 13.1. The van der Waals surface area contributed by atoms with Crippen LogP contribution < -0.4 is 16.0 Å². The van der Waals surface area contributed by atoms with Crippen LogP contribution in [0.1, 0.15) is 87.5 Å². The Hall–Kier alpha value is -2.00. The van der Waals surface area contributed by atoms with Crippen LogP contribution >= 0.6 is 0 Å². The number of amides is 3. The highest BCUT2D eigenvalue weighted by Gasteiger charge is 2.32. The number of nitrogens with zero attached hydrogens (tertiary/aromatic N) is 1. The van der Waals surface area contributed by atoms with Gasteiger partial charge in [0.25, 0.3) is 0 Å². The molecule has 0 saturated carbocycles. The van der Waals surface area contributed by atoms with E-state index in [4.69, 9.17) is 4.74 Å². The number of carbonyl (C=O) groups is 4. The summed E-state index contributed by atoms with van der Waals surface area (Å²) in [7, 11) is 1.96. The van der Waals surface area contributed by atoms with Crippen molar-refractivity contribution in [1.82, 2.24) is 20.9 Å². The highest BCUT2D eigenvalue weighted by atomic mass is 16.5. The molecule has 9 heteroatoms. The number of ether oxygens (including phenoxy) is 1. The molecule has 2 atom stereocenters. The van der Waals surface area contributed by atoms with Crippen LogP contribution in [0.2, 0.25) is 0 Å². The van der Waals surface area contributed by atoms with Gasteiger partial charge in [0.15, 0.2) is 5.78 Å². The van der Waals surface area contributed by atoms with Crippen LogP contribution in [0, 0.1) is 23.7 Å². The van der Waals surface area contributed by atoms with Crippen molar-refractivity contribution in [1.29, 1.82) is 0 Å². The van der Waals surface area contributed by atoms with Crippen molar-refractivity contribution in [3.63, 3.8) is 0 Å². The standard InChI is InChI=1S/C29H56N4O5/c1-20(2)25(27(35)22(5)6)32-29(37)26(21(3)4)33(9)17-13-11-10-12-14-24(34)30-15-18-38-19-16-31-28(36)23(7)8/h20-23,25-26H,10-19H2,1-9H3,(H,30,34)(H,31,36)(H,32,37)/t25-,26-/m0/s1. The van der Waals surface area contributed by atoms with Crippen LogP contribution in [0.5, 0.6) is 0 Å². The molecule has 38 heavy (non-hydrogen) atoms. The third-order valence-corrected chi connectivity index (χ3v) is 6.52. The van der Waals surface area contributed by atoms with Crippen molar-refractivity contribution in [3.05, 3.63) is 0 Å². The van der Waals surface area contributed by atoms with E-state index in [9.17, 15) is 19.2 Å². The normalized spacial score (nSPS) is 13.3. The lowest BCUT2D eigenvalue weighted by Gasteiger charge is -2.32. The maximum atomic E-state index is 13.1. The van der Waals surface area contributed by atoms with Gasteiger partial charge in [0.1, 0.15) is 0 Å². The Balaban J connectivity index is 4.18. The number of carbonyl (C=O) groups excluding carboxylic acids is 4. The topological polar surface area (TPSA) is 117 Å². The molecule has 0 rings (SSSR count). The van der Waals surface area contributed by atoms with E-state index < -0.39 is 6.04 Å². The van der Waals surface area contributed by atoms with Gasteiger partial charge >= 0.3 is 0 Å². The molecule has 0 aromatic carbocycles. The summed E-state index contributed by atoms with van der Waals surface area (Å²) < 4.78 is 5.42. The molecule has 0 aromatic heterocycles. The van der Waals surface area contributed by atoms with Gasteiger partial charge in [-0.1, -0.05) is 68.2 Å². The smallest absolute Gasteiger partial charge is 0.238 e. The van der Waals surface area contributed by atoms with Gasteiger partial charge in [-0.15, -0.1) is 0 Å². The molecular formula is C29H56N4O5. The lowest BCUT2D eigenvalue weighted by atomic mass is 9.92. The van der Waals surface area contributed by atoms with Gasteiger partial charge in [0.05, 0.1) is 25.3 Å². The molecule has 222 valence electrons. The predicted molar refractivity (Wildman–Crippen MR) is 153 cm³/mol. The second-order valence-corrected chi connectivity index (χ2v) is 11.5. The number of Topliss-reactive ketones (excluding diaryl/α,β-unsaturated/α-hetero) is 1. The largest absolute Gasteiger partial charge is 0.378 e. The van der Waals surface area contributed by atoms with Gasteiger partial charge in [0.2, 0.25) is 17.7 Å². The van der Waals surface area contributed by atoms with E-state index in [1.54, 1.807) is 0 Å². The Labute approximate surface area is 231 Å². The van der Waals surface area contributed by atoms with E-state index in [0.29, 0.717) is 32.7 Å². The first-order chi connectivity index (χ1) is 17.8. The summed E-state index contributed by atoms with van der Waals surface area (Å²) in [5.74, 6) is 0.0128. The minimum atomic E-state index is -0.466. The van der Waals surface area contributed by atoms with E-state index in [2.05, 4.69) is 20.9 Å². The molecule has 0 aliphatic heterocycles. The molecule has 0 aliphatic carbocycles. The first kappa shape index (κ1) is 36.0. The van der Waals surface area contributed by atoms with Gasteiger partial charge in [-0.25, -0.2) is 0 Å². The van der Waals surface area contributed by atoms with Crippen molar-refractivity contribution in [2.75, 3.05) is 39.9 Å². The Morgan fingerprint density at radius 3 is 1.82 bits per heavy atom. The fourth-order valence-corrected chi connectivity index (χ4v) is 4.22. The molecule has 3 N–H and O–H groups in total. The highest BCUT2D eigenvalue weighted by molar-refractivity contribution is 5.92. The first-order valence-electron chi connectivity index (χ1n) is 14.5. The second kappa shape index (κ2) is 20.0. The van der Waals surface area contributed by atoms with E-state index in [1.807, 2.05) is 62.4 Å². The lowest BCUT2D eigenvalue weighted by Crippen LogP contribution is -2.54. The van der Waals surface area contributed by atoms with E-state index in [0.717, 1.165) is 32.2 Å². The van der Waals surface area contributed by atoms with Crippen LogP contribution in [0.25, 0.3) is 0 Å². The number of ketones is 1. The summed E-state index contributed by atoms with van der Waals surface area (Å²) in [5, 5.41) is 8.66. The molecule has 9 nitrogen and oxygen atoms in total. The van der Waals surface area contributed by atoms with Gasteiger partial charge in [-0.2, -0.15) is 0 Å². The number of hydrogen-bond donors (Lipinski definition) is 3. The molecule has 0 aliphatic rings. The number of nitrogens with one attached hydrogen (secondary N) is 3. The number of likely N-dealkylation sites (N-methyl/N-ethyl adjacent to an activating group) is 1. The van der Waals surface area contributed by atoms with Crippen LogP contribution in [0.15, 0.2) is 0 Å². The van der Waals surface area contributed by atoms with Crippen LogP contribution in [0.4, 0.5) is 0 Å². The molecule has 3 amide bonds. The zero-order chi connectivity index (χ0) is 29.3. The van der Waals surface area contributed by atoms with Crippen molar-refractivity contribution < 1.29 is 23.9 Å². The average Bonchev–Trinajstić information content (AvgIpc) is 2.82. The number of rotatable bonds is 21. The molecule has 0 aromatic rings. The van der Waals surface area contributed by atoms with Crippen LogP contribution in [-0.4, -0.2) is 80.4 Å². The van der Waals surface area contributed by atoms with Crippen molar-refractivity contribution in [2.24, 2.45) is 23.7 Å². The second-order valence-electron chi connectivity index (χ2n) is 11.5. The average molecular weight is 541 g/mol. The van der Waals surface area contributed by atoms with Crippen LogP contribution in [-0.2, 0) is 23.9 Å². The molecular weight excluding hydrogens is 484 g/mol. The molecule has 0 spiro atoms. The fourth-order valence-electron chi connectivity index (χ4n) is 4.22. The Bertz CT molecular complexity index is 709. The summed E-state index contributed by atoms with van der Waals surface area (Å²) in [4.78, 5) is 51.2. The molecule has 0 unspecified atom stereocenters. The van der Waals surface area contributed by atoms with Gasteiger partial charge in [-0.05, 0) is 38.3 Å². The Morgan fingerprint density at radius 2 is 1.29 bits per heavy atom. The van der Waals surface area contributed by atoms with Crippen molar-refractivity contribution in [2.45, 2.75) is 99.6 Å². The summed E-state index contributed by atoms with van der Waals surface area (Å²) in [5.41, 5.74) is 0. The zero-order valence-corrected chi connectivity index (χ0v) is 25.5. The van der Waals surface area contributed by atoms with Gasteiger partial charge in [-0.3, -0.25) is 24.1 Å². The monoisotopic (exact) mass is 540 g/mol. The Kier molecular flexibility index (Phi) is 18.9. The highest BCUT2D eigenvalue weighted by Crippen LogP contribution is 2.15. The van der Waals surface area contributed by atoms with E-state index in [-0.39, 0.29) is 53.2 Å². The predicted octanol–water partition coefficient (Wildman–Crippen LogP) is 3.16. The number of unbranched alkanes of at least 4 members (excludes halogenated alkanes) is 3. The SMILES string of the molecule is CC(C)C(=O)NCCOCCNC(=O)CCCCCCN(C)[C@H](C(=O)N[C@H](C(=O)C(C)C)C(C)C)C(C)C. The summed E-state index contributed by atoms with van der Waals surface area (Å²) in [6.45, 7) is 18.0. The summed E-state index contributed by atoms with van der Waals surface area (Å²) in [6.07, 6.45) is 4.17. The molecule has 0 fully saturated rings. The van der Waals surface area contributed by atoms with Gasteiger partial charge in [0, 0.05) is 31.3 Å².